The Morgan fingerprint density at radius 1 is 1.20 bits per heavy atom. The highest BCUT2D eigenvalue weighted by Gasteiger charge is 2.28. The molecule has 0 bridgehead atoms. The molecular weight excluding hydrogens is 274 g/mol. The van der Waals surface area contributed by atoms with Crippen LogP contribution in [0, 0.1) is 0 Å². The molecule has 1 saturated carbocycles. The fourth-order valence-corrected chi connectivity index (χ4v) is 3.21. The molecule has 20 heavy (non-hydrogen) atoms. The first-order valence-electron chi connectivity index (χ1n) is 7.51. The van der Waals surface area contributed by atoms with Crippen LogP contribution in [0.25, 0.3) is 0 Å². The largest absolute Gasteiger partial charge is 0.370 e. The summed E-state index contributed by atoms with van der Waals surface area (Å²) in [6.45, 7) is 5.35. The van der Waals surface area contributed by atoms with Crippen LogP contribution in [0.5, 0.6) is 0 Å². The van der Waals surface area contributed by atoms with Gasteiger partial charge in [0.05, 0.1) is 17.0 Å². The van der Waals surface area contributed by atoms with Crippen molar-refractivity contribution in [3.63, 3.8) is 0 Å². The summed E-state index contributed by atoms with van der Waals surface area (Å²) in [6, 6.07) is 0.389. The molecule has 0 spiro atoms. The Hall–Kier alpha value is -0.780. The van der Waals surface area contributed by atoms with Crippen molar-refractivity contribution in [2.75, 3.05) is 12.3 Å². The summed E-state index contributed by atoms with van der Waals surface area (Å²) < 4.78 is 23.1. The van der Waals surface area contributed by atoms with E-state index in [0.29, 0.717) is 12.0 Å². The maximum Gasteiger partial charge on any atom is 0.188 e. The monoisotopic (exact) mass is 303 g/mol. The number of guanidine groups is 1. The van der Waals surface area contributed by atoms with E-state index in [9.17, 15) is 8.42 Å². The van der Waals surface area contributed by atoms with Gasteiger partial charge in [-0.05, 0) is 33.6 Å². The molecule has 0 aromatic rings. The van der Waals surface area contributed by atoms with Gasteiger partial charge in [0.1, 0.15) is 0 Å². The van der Waals surface area contributed by atoms with E-state index in [2.05, 4.69) is 10.3 Å². The molecule has 0 atom stereocenters. The molecule has 1 aliphatic carbocycles. The molecule has 0 radical (unpaired) electrons. The number of nitrogens with zero attached hydrogens (tertiary/aromatic N) is 1. The zero-order chi connectivity index (χ0) is 15.2. The van der Waals surface area contributed by atoms with E-state index >= 15 is 0 Å². The smallest absolute Gasteiger partial charge is 0.188 e. The van der Waals surface area contributed by atoms with E-state index in [0.717, 1.165) is 12.8 Å². The van der Waals surface area contributed by atoms with Crippen molar-refractivity contribution in [3.05, 3.63) is 0 Å². The number of nitrogens with one attached hydrogen (secondary N) is 1. The molecule has 0 aromatic heterocycles. The van der Waals surface area contributed by atoms with Gasteiger partial charge in [-0.1, -0.05) is 25.7 Å². The third-order valence-electron chi connectivity index (χ3n) is 3.78. The second-order valence-electron chi connectivity index (χ2n) is 6.53. The van der Waals surface area contributed by atoms with Crippen LogP contribution in [0.4, 0.5) is 0 Å². The zero-order valence-corrected chi connectivity index (χ0v) is 13.8. The van der Waals surface area contributed by atoms with Crippen molar-refractivity contribution in [1.29, 1.82) is 0 Å². The van der Waals surface area contributed by atoms with Gasteiger partial charge in [-0.25, -0.2) is 8.42 Å². The molecule has 0 heterocycles. The molecule has 0 saturated heterocycles. The highest BCUT2D eigenvalue weighted by molar-refractivity contribution is 7.92. The molecular formula is C14H29N3O2S. The number of rotatable bonds is 4. The number of hydrogen-bond acceptors (Lipinski definition) is 3. The SMILES string of the molecule is CC(C)(C)S(=O)(=O)CCN=C(N)NC1CCCCCC1. The van der Waals surface area contributed by atoms with Gasteiger partial charge in [0.15, 0.2) is 15.8 Å². The third-order valence-corrected chi connectivity index (χ3v) is 6.37. The fourth-order valence-electron chi connectivity index (χ4n) is 2.27. The number of aliphatic imine (C=N–C) groups is 1. The normalized spacial score (nSPS) is 19.6. The standard InChI is InChI=1S/C14H29N3O2S/c1-14(2,3)20(18,19)11-10-16-13(15)17-12-8-6-4-5-7-9-12/h12H,4-11H2,1-3H3,(H3,15,16,17). The second-order valence-corrected chi connectivity index (χ2v) is 9.39. The van der Waals surface area contributed by atoms with Crippen molar-refractivity contribution >= 4 is 15.8 Å². The van der Waals surface area contributed by atoms with Gasteiger partial charge in [-0.3, -0.25) is 4.99 Å². The summed E-state index contributed by atoms with van der Waals surface area (Å²) in [6.07, 6.45) is 7.28. The maximum atomic E-state index is 11.9. The van der Waals surface area contributed by atoms with Gasteiger partial charge >= 0.3 is 0 Å². The molecule has 118 valence electrons. The van der Waals surface area contributed by atoms with E-state index in [-0.39, 0.29) is 12.3 Å². The van der Waals surface area contributed by atoms with Crippen molar-refractivity contribution in [2.45, 2.75) is 70.1 Å². The van der Waals surface area contributed by atoms with Gasteiger partial charge in [-0.15, -0.1) is 0 Å². The van der Waals surface area contributed by atoms with Gasteiger partial charge in [0.25, 0.3) is 0 Å². The van der Waals surface area contributed by atoms with E-state index in [1.165, 1.54) is 25.7 Å². The van der Waals surface area contributed by atoms with Gasteiger partial charge in [-0.2, -0.15) is 0 Å². The predicted molar refractivity (Wildman–Crippen MR) is 84.7 cm³/mol. The fraction of sp³-hybridized carbons (Fsp3) is 0.929. The first-order valence-corrected chi connectivity index (χ1v) is 9.16. The first kappa shape index (κ1) is 17.3. The molecule has 1 fully saturated rings. The highest BCUT2D eigenvalue weighted by Crippen LogP contribution is 2.17. The van der Waals surface area contributed by atoms with Gasteiger partial charge in [0.2, 0.25) is 0 Å². The zero-order valence-electron chi connectivity index (χ0n) is 13.0. The van der Waals surface area contributed by atoms with Crippen LogP contribution >= 0.6 is 0 Å². The Balaban J connectivity index is 2.42. The lowest BCUT2D eigenvalue weighted by atomic mass is 10.1. The Morgan fingerprint density at radius 3 is 2.25 bits per heavy atom. The quantitative estimate of drug-likeness (QED) is 0.471. The molecule has 1 rings (SSSR count). The summed E-state index contributed by atoms with van der Waals surface area (Å²) in [5.41, 5.74) is 5.84. The topological polar surface area (TPSA) is 84.5 Å². The molecule has 0 aliphatic heterocycles. The lowest BCUT2D eigenvalue weighted by molar-refractivity contribution is 0.530. The van der Waals surface area contributed by atoms with Gasteiger partial charge in [0, 0.05) is 6.04 Å². The van der Waals surface area contributed by atoms with E-state index < -0.39 is 14.6 Å². The molecule has 5 nitrogen and oxygen atoms in total. The molecule has 0 amide bonds. The van der Waals surface area contributed by atoms with Crippen LogP contribution in [0.3, 0.4) is 0 Å². The van der Waals surface area contributed by atoms with Crippen LogP contribution < -0.4 is 11.1 Å². The van der Waals surface area contributed by atoms with Gasteiger partial charge < -0.3 is 11.1 Å². The van der Waals surface area contributed by atoms with E-state index in [1.807, 2.05) is 0 Å². The predicted octanol–water partition coefficient (Wildman–Crippen LogP) is 1.83. The molecule has 6 heteroatoms. The summed E-state index contributed by atoms with van der Waals surface area (Å²) in [4.78, 5) is 4.15. The first-order chi connectivity index (χ1) is 9.22. The summed E-state index contributed by atoms with van der Waals surface area (Å²) >= 11 is 0. The molecule has 3 N–H and O–H groups in total. The van der Waals surface area contributed by atoms with Crippen LogP contribution in [-0.2, 0) is 9.84 Å². The minimum Gasteiger partial charge on any atom is -0.370 e. The average molecular weight is 303 g/mol. The van der Waals surface area contributed by atoms with E-state index in [1.54, 1.807) is 20.8 Å². The number of nitrogens with two attached hydrogens (primary N) is 1. The molecule has 0 aromatic carbocycles. The van der Waals surface area contributed by atoms with Crippen LogP contribution in [-0.4, -0.2) is 37.5 Å². The van der Waals surface area contributed by atoms with Crippen molar-refractivity contribution < 1.29 is 8.42 Å². The summed E-state index contributed by atoms with van der Waals surface area (Å²) in [5.74, 6) is 0.421. The summed E-state index contributed by atoms with van der Waals surface area (Å²) in [5, 5.41) is 3.22. The molecule has 1 aliphatic rings. The van der Waals surface area contributed by atoms with E-state index in [4.69, 9.17) is 5.73 Å². The Morgan fingerprint density at radius 2 is 1.75 bits per heavy atom. The number of sulfone groups is 1. The van der Waals surface area contributed by atoms with Crippen LogP contribution in [0.2, 0.25) is 0 Å². The van der Waals surface area contributed by atoms with Crippen molar-refractivity contribution in [1.82, 2.24) is 5.32 Å². The second kappa shape index (κ2) is 7.29. The molecule has 0 unspecified atom stereocenters. The Labute approximate surface area is 123 Å². The third kappa shape index (κ3) is 5.69. The van der Waals surface area contributed by atoms with Crippen LogP contribution in [0.15, 0.2) is 4.99 Å². The average Bonchev–Trinajstić information content (AvgIpc) is 2.55. The Kier molecular flexibility index (Phi) is 6.30. The highest BCUT2D eigenvalue weighted by atomic mass is 32.2. The minimum absolute atomic E-state index is 0.0452. The minimum atomic E-state index is -3.12. The van der Waals surface area contributed by atoms with Crippen molar-refractivity contribution in [3.8, 4) is 0 Å². The lowest BCUT2D eigenvalue weighted by Crippen LogP contribution is -2.40. The number of hydrogen-bond donors (Lipinski definition) is 2. The maximum absolute atomic E-state index is 11.9. The Bertz CT molecular complexity index is 416. The van der Waals surface area contributed by atoms with Crippen molar-refractivity contribution in [2.24, 2.45) is 10.7 Å². The lowest BCUT2D eigenvalue weighted by Gasteiger charge is -2.19. The van der Waals surface area contributed by atoms with Crippen LogP contribution in [0.1, 0.15) is 59.3 Å². The summed E-state index contributed by atoms with van der Waals surface area (Å²) in [7, 11) is -3.12.